The SMILES string of the molecule is C.C.C.C.C.C.C.C.CN1CC(=O)N(c2ccc(Cl)c(O)c2)C1=O.CN1CCN(c2ccc(Cl)c(O)c2)C1=O.CN1CCN(c2ccc(F)c(O)c2)C1=O.CN1CCN(c2ccc(O)c(F)c2)C1=O.CN1CCN(c2ccc(O)cc2)C1=O.CN1CCN(c2cccc(O)c2)C1=O.Cn1ccn(-c2ccc(Cl)c(O)c2)c1=O.Cn1ccn(-c2ccc(O)c(F)c2)c1=O. The number of nitrogens with zero attached hydrogens (tertiary/aromatic N) is 16. The lowest BCUT2D eigenvalue weighted by atomic mass is 10.2. The van der Waals surface area contributed by atoms with Crippen LogP contribution in [-0.4, -0.2) is 245 Å². The molecule has 10 aromatic rings. The van der Waals surface area contributed by atoms with Gasteiger partial charge in [-0.15, -0.1) is 0 Å². The third kappa shape index (κ3) is 27.3. The molecule has 6 aliphatic rings. The summed E-state index contributed by atoms with van der Waals surface area (Å²) in [5.74, 6) is -3.53. The van der Waals surface area contributed by atoms with Crippen LogP contribution in [0.3, 0.4) is 0 Å². The lowest BCUT2D eigenvalue weighted by Gasteiger charge is -2.16. The van der Waals surface area contributed by atoms with Crippen molar-refractivity contribution in [2.45, 2.75) is 59.4 Å². The smallest absolute Gasteiger partial charge is 0.332 e. The number of urea groups is 6. The summed E-state index contributed by atoms with van der Waals surface area (Å²) >= 11 is 17.0. The Hall–Kier alpha value is -13.9. The number of aromatic nitrogens is 4. The summed E-state index contributed by atoms with van der Waals surface area (Å²) in [6, 6.07) is 37.9. The number of phenolic OH excluding ortho intramolecular Hbond substituents is 8. The second-order valence-corrected chi connectivity index (χ2v) is 28.3. The van der Waals surface area contributed by atoms with Crippen LogP contribution in [-0.2, 0) is 18.9 Å². The number of phenols is 8. The van der Waals surface area contributed by atoms with Crippen LogP contribution in [0.4, 0.5) is 76.1 Å². The maximum absolute atomic E-state index is 13.1. The lowest BCUT2D eigenvalue weighted by molar-refractivity contribution is -0.116. The first-order valence-electron chi connectivity index (χ1n) is 36.0. The summed E-state index contributed by atoms with van der Waals surface area (Å²) in [4.78, 5) is 123. The topological polar surface area (TPSA) is 374 Å². The van der Waals surface area contributed by atoms with Crippen LogP contribution in [0.2, 0.25) is 15.1 Å². The van der Waals surface area contributed by atoms with Crippen molar-refractivity contribution in [3.63, 3.8) is 0 Å². The molecule has 0 unspecified atom stereocenters. The third-order valence-electron chi connectivity index (χ3n) is 18.8. The molecule has 8 heterocycles. The van der Waals surface area contributed by atoms with Crippen molar-refractivity contribution in [2.24, 2.45) is 14.1 Å². The number of rotatable bonds is 8. The number of hydrogen-bond donors (Lipinski definition) is 8. The number of likely N-dealkylation sites (N-methyl/N-ethyl adjacent to an activating group) is 6. The van der Waals surface area contributed by atoms with E-state index < -0.39 is 40.7 Å². The third-order valence-corrected chi connectivity index (χ3v) is 19.7. The van der Waals surface area contributed by atoms with Gasteiger partial charge in [0.15, 0.2) is 34.7 Å². The monoisotopic (exact) mass is 1830 g/mol. The molecular weight excluding hydrogens is 1720 g/mol. The van der Waals surface area contributed by atoms with E-state index in [0.29, 0.717) is 91.5 Å². The summed E-state index contributed by atoms with van der Waals surface area (Å²) in [5, 5.41) is 74.5. The number of aryl methyl sites for hydroxylation is 2. The van der Waals surface area contributed by atoms with Crippen molar-refractivity contribution in [1.82, 2.24) is 47.7 Å². The molecule has 0 bridgehead atoms. The number of imide groups is 1. The minimum Gasteiger partial charge on any atom is -0.508 e. The molecule has 33 nitrogen and oxygen atoms in total. The number of hydrogen-bond acceptors (Lipinski definition) is 17. The highest BCUT2D eigenvalue weighted by Gasteiger charge is 2.36. The van der Waals surface area contributed by atoms with Gasteiger partial charge in [0, 0.05) is 218 Å². The Morgan fingerprint density at radius 2 is 0.567 bits per heavy atom. The van der Waals surface area contributed by atoms with Crippen LogP contribution in [0, 0.1) is 17.5 Å². The molecule has 8 N–H and O–H groups in total. The summed E-state index contributed by atoms with van der Waals surface area (Å²) in [6.45, 7) is 6.60. The molecular formula is C88H116Cl3F3N16O17. The van der Waals surface area contributed by atoms with Gasteiger partial charge in [-0.1, -0.05) is 100 Å². The summed E-state index contributed by atoms with van der Waals surface area (Å²) < 4.78 is 44.4. The van der Waals surface area contributed by atoms with Gasteiger partial charge in [-0.2, -0.15) is 0 Å². The molecule has 13 amide bonds. The molecule has 16 rings (SSSR count). The Kier molecular flexibility index (Phi) is 42.9. The first-order valence-corrected chi connectivity index (χ1v) is 37.2. The lowest BCUT2D eigenvalue weighted by Crippen LogP contribution is -2.31. The van der Waals surface area contributed by atoms with Gasteiger partial charge >= 0.3 is 47.6 Å². The van der Waals surface area contributed by atoms with E-state index in [1.165, 1.54) is 113 Å². The zero-order valence-electron chi connectivity index (χ0n) is 65.3. The molecule has 6 aliphatic heterocycles. The van der Waals surface area contributed by atoms with Gasteiger partial charge in [0.2, 0.25) is 0 Å². The van der Waals surface area contributed by atoms with Gasteiger partial charge in [-0.25, -0.2) is 56.4 Å². The first kappa shape index (κ1) is 111. The Morgan fingerprint density at radius 3 is 0.898 bits per heavy atom. The fraction of sp³-hybridized carbons (Fsp3) is 0.307. The molecule has 8 aromatic carbocycles. The van der Waals surface area contributed by atoms with Gasteiger partial charge in [0.05, 0.1) is 32.1 Å². The minimum atomic E-state index is -0.747. The molecule has 0 aliphatic carbocycles. The van der Waals surface area contributed by atoms with Crippen molar-refractivity contribution in [3.05, 3.63) is 236 Å². The van der Waals surface area contributed by atoms with Crippen molar-refractivity contribution >= 4 is 111 Å². The normalized spacial score (nSPS) is 13.9. The van der Waals surface area contributed by atoms with Crippen molar-refractivity contribution in [3.8, 4) is 57.4 Å². The largest absolute Gasteiger partial charge is 0.508 e. The molecule has 0 saturated carbocycles. The van der Waals surface area contributed by atoms with Gasteiger partial charge in [0.1, 0.15) is 35.3 Å². The zero-order chi connectivity index (χ0) is 87.1. The number of carbonyl (C=O) groups is 7. The molecule has 6 fully saturated rings. The quantitative estimate of drug-likeness (QED) is 0.0655. The summed E-state index contributed by atoms with van der Waals surface area (Å²) in [6.07, 6.45) is 6.39. The van der Waals surface area contributed by atoms with Crippen LogP contribution in [0.5, 0.6) is 46.0 Å². The van der Waals surface area contributed by atoms with E-state index in [4.69, 9.17) is 50.1 Å². The predicted octanol–water partition coefficient (Wildman–Crippen LogP) is 16.3. The molecule has 692 valence electrons. The second-order valence-electron chi connectivity index (χ2n) is 27.1. The van der Waals surface area contributed by atoms with Crippen LogP contribution < -0.4 is 40.8 Å². The van der Waals surface area contributed by atoms with E-state index in [1.54, 1.807) is 174 Å². The first-order chi connectivity index (χ1) is 56.3. The summed E-state index contributed by atoms with van der Waals surface area (Å²) in [5.41, 5.74) is 4.10. The summed E-state index contributed by atoms with van der Waals surface area (Å²) in [7, 11) is 13.5. The number of amides is 13. The highest BCUT2D eigenvalue weighted by atomic mass is 35.5. The fourth-order valence-electron chi connectivity index (χ4n) is 11.9. The number of anilines is 6. The van der Waals surface area contributed by atoms with E-state index in [1.807, 2.05) is 6.07 Å². The number of aromatic hydroxyl groups is 8. The van der Waals surface area contributed by atoms with Crippen molar-refractivity contribution in [2.75, 3.05) is 144 Å². The molecule has 2 aromatic heterocycles. The Morgan fingerprint density at radius 1 is 0.268 bits per heavy atom. The number of benzene rings is 8. The molecule has 6 saturated heterocycles. The average Bonchev–Trinajstić information content (AvgIpc) is 1.67. The Bertz CT molecular complexity index is 5240. The zero-order valence-corrected chi connectivity index (χ0v) is 67.5. The molecule has 0 atom stereocenters. The van der Waals surface area contributed by atoms with Gasteiger partial charge < -0.3 is 79.4 Å². The van der Waals surface area contributed by atoms with Gasteiger partial charge in [-0.3, -0.25) is 38.4 Å². The molecule has 39 heteroatoms. The number of halogens is 6. The second kappa shape index (κ2) is 49.0. The number of imidazole rings is 2. The molecule has 0 spiro atoms. The van der Waals surface area contributed by atoms with Crippen LogP contribution in [0.25, 0.3) is 11.4 Å². The van der Waals surface area contributed by atoms with E-state index in [-0.39, 0.29) is 152 Å². The van der Waals surface area contributed by atoms with E-state index in [2.05, 4.69) is 0 Å². The maximum Gasteiger partial charge on any atom is 0.332 e. The van der Waals surface area contributed by atoms with Crippen LogP contribution in [0.15, 0.2) is 192 Å². The standard InChI is InChI=1S/C10H9ClN2O3.C10H11ClN2O2.C10H9ClN2O2.C10H11FN2O2.C10H9FN2O2.C10H11FN2O2.2C10H12N2O2.8CH4/c1-12-5-9(15)13(10(12)16)6-2-3-7(11)8(14)4-6;2*1-12-4-5-13(10(12)15)7-2-3-8(11)9(14)6-7;2*1-12-4-5-13(10(12)15)7-2-3-9(14)8(11)6-7;1-12-4-5-13(10(12)15)7-2-3-8(11)9(14)6-7;1-11-6-7-12(10(11)14)8-2-4-9(13)5-3-8;1-11-5-6-12(10(11)14)8-3-2-4-9(13)7-8;;;;;;;;/h2-4,14H,5H2,1H3;2-3,6,14H,4-5H2,1H3;2-6,14H,1H3;2-3,6,14H,4-5H2,1H3;2-6,14H,1H3;2-3,6,14H,4-5H2,1H3;2-5,13H,6-7H2,1H3;2-4,7,13H,5-6H2,1H3;8*1H4. The van der Waals surface area contributed by atoms with Crippen LogP contribution >= 0.6 is 34.8 Å². The Balaban J connectivity index is 0.000000719. The fourth-order valence-corrected chi connectivity index (χ4v) is 12.2. The minimum absolute atomic E-state index is 0. The van der Waals surface area contributed by atoms with Gasteiger partial charge in [0.25, 0.3) is 5.91 Å². The maximum atomic E-state index is 13.1. The molecule has 0 radical (unpaired) electrons. The highest BCUT2D eigenvalue weighted by Crippen LogP contribution is 2.34. The van der Waals surface area contributed by atoms with Gasteiger partial charge in [-0.05, 0) is 109 Å². The van der Waals surface area contributed by atoms with E-state index in [0.717, 1.165) is 47.6 Å². The predicted molar refractivity (Wildman–Crippen MR) is 495 cm³/mol. The van der Waals surface area contributed by atoms with E-state index in [9.17, 15) is 81.9 Å². The number of carbonyl (C=O) groups excluding carboxylic acids is 7. The average molecular weight is 1830 g/mol. The van der Waals surface area contributed by atoms with Crippen molar-refractivity contribution in [1.29, 1.82) is 0 Å². The van der Waals surface area contributed by atoms with E-state index >= 15 is 0 Å². The Labute approximate surface area is 752 Å². The van der Waals surface area contributed by atoms with Crippen molar-refractivity contribution < 1.29 is 87.6 Å². The highest BCUT2D eigenvalue weighted by molar-refractivity contribution is 6.33. The van der Waals surface area contributed by atoms with Crippen LogP contribution in [0.1, 0.15) is 59.4 Å². The molecule has 127 heavy (non-hydrogen) atoms.